The number of carboxylic acids is 1. The van der Waals surface area contributed by atoms with E-state index < -0.39 is 5.97 Å². The summed E-state index contributed by atoms with van der Waals surface area (Å²) in [4.78, 5) is 35.8. The maximum absolute atomic E-state index is 12.4. The van der Waals surface area contributed by atoms with Crippen LogP contribution in [0.15, 0.2) is 66.7 Å². The molecule has 0 fully saturated rings. The van der Waals surface area contributed by atoms with E-state index in [1.165, 1.54) is 0 Å². The summed E-state index contributed by atoms with van der Waals surface area (Å²) in [5, 5.41) is 14.9. The van der Waals surface area contributed by atoms with Gasteiger partial charge in [-0.2, -0.15) is 0 Å². The Morgan fingerprint density at radius 2 is 1.37 bits per heavy atom. The summed E-state index contributed by atoms with van der Waals surface area (Å²) in [7, 11) is 0. The fourth-order valence-corrected chi connectivity index (χ4v) is 4.85. The van der Waals surface area contributed by atoms with Crippen LogP contribution in [0.2, 0.25) is 0 Å². The molecule has 0 atom stereocenters. The van der Waals surface area contributed by atoms with Crippen LogP contribution in [0.3, 0.4) is 0 Å². The maximum atomic E-state index is 12.4. The first-order valence-electron chi connectivity index (χ1n) is 8.81. The molecule has 30 heavy (non-hydrogen) atoms. The third-order valence-electron chi connectivity index (χ3n) is 4.18. The van der Waals surface area contributed by atoms with Crippen molar-refractivity contribution in [3.05, 3.63) is 90.6 Å². The highest BCUT2D eigenvalue weighted by Crippen LogP contribution is 2.26. The molecule has 1 amide bonds. The summed E-state index contributed by atoms with van der Waals surface area (Å²) in [6.07, 6.45) is 0. The van der Waals surface area contributed by atoms with E-state index in [0.29, 0.717) is 29.6 Å². The Morgan fingerprint density at radius 3 is 1.93 bits per heavy atom. The van der Waals surface area contributed by atoms with Crippen molar-refractivity contribution < 1.29 is 19.5 Å². The van der Waals surface area contributed by atoms with Crippen molar-refractivity contribution in [2.24, 2.45) is 0 Å². The van der Waals surface area contributed by atoms with Crippen LogP contribution < -0.4 is 10.6 Å². The lowest BCUT2D eigenvalue weighted by Gasteiger charge is -2.12. The van der Waals surface area contributed by atoms with Gasteiger partial charge in [-0.3, -0.25) is 9.59 Å². The summed E-state index contributed by atoms with van der Waals surface area (Å²) in [5.41, 5.74) is 2.64. The highest BCUT2D eigenvalue weighted by molar-refractivity contribution is 14.1. The largest absolute Gasteiger partial charge is 0.478 e. The number of benzene rings is 3. The molecule has 3 aromatic rings. The summed E-state index contributed by atoms with van der Waals surface area (Å²) in [6.45, 7) is 0.0170. The Bertz CT molecular complexity index is 1080. The number of amides is 1. The van der Waals surface area contributed by atoms with Crippen molar-refractivity contribution in [2.45, 2.75) is 0 Å². The molecule has 3 aromatic carbocycles. The average Bonchev–Trinajstić information content (AvgIpc) is 2.73. The number of ketones is 1. The van der Waals surface area contributed by atoms with Gasteiger partial charge >= 0.3 is 5.97 Å². The molecule has 152 valence electrons. The molecule has 0 aromatic heterocycles. The standard InChI is InChI=1S/C22H16I2N2O4/c23-17-10-15(22(29)30)11-18(24)20(17)25-12-19(27)26-16-8-6-14(7-9-16)21(28)13-4-2-1-3-5-13/h1-11,25H,12H2,(H,26,27)(H,29,30). The zero-order chi connectivity index (χ0) is 21.7. The van der Waals surface area contributed by atoms with Crippen LogP contribution in [0.4, 0.5) is 11.4 Å². The fraction of sp³-hybridized carbons (Fsp3) is 0.0455. The number of carbonyl (C=O) groups excluding carboxylic acids is 2. The van der Waals surface area contributed by atoms with Gasteiger partial charge in [0.25, 0.3) is 0 Å². The quantitative estimate of drug-likeness (QED) is 0.257. The number of anilines is 2. The molecule has 0 bridgehead atoms. The highest BCUT2D eigenvalue weighted by Gasteiger charge is 2.13. The predicted octanol–water partition coefficient (Wildman–Crippen LogP) is 4.88. The van der Waals surface area contributed by atoms with Crippen LogP contribution in [-0.4, -0.2) is 29.3 Å². The van der Waals surface area contributed by atoms with Crippen molar-refractivity contribution in [3.8, 4) is 0 Å². The number of carboxylic acid groups (broad SMARTS) is 1. The van der Waals surface area contributed by atoms with E-state index in [-0.39, 0.29) is 23.8 Å². The van der Waals surface area contributed by atoms with E-state index in [4.69, 9.17) is 5.11 Å². The van der Waals surface area contributed by atoms with Crippen LogP contribution in [0.25, 0.3) is 0 Å². The average molecular weight is 626 g/mol. The van der Waals surface area contributed by atoms with Crippen LogP contribution in [0.1, 0.15) is 26.3 Å². The molecule has 3 rings (SSSR count). The molecular formula is C22H16I2N2O4. The second-order valence-corrected chi connectivity index (χ2v) is 8.62. The Kier molecular flexibility index (Phi) is 7.43. The monoisotopic (exact) mass is 626 g/mol. The SMILES string of the molecule is O=C(CNc1c(I)cc(C(=O)O)cc1I)Nc1ccc(C(=O)c2ccccc2)cc1. The molecule has 0 aliphatic heterocycles. The molecule has 3 N–H and O–H groups in total. The zero-order valence-corrected chi connectivity index (χ0v) is 19.8. The number of rotatable bonds is 7. The number of aromatic carboxylic acids is 1. The summed E-state index contributed by atoms with van der Waals surface area (Å²) in [5.74, 6) is -1.33. The molecule has 6 nitrogen and oxygen atoms in total. The molecule has 0 saturated heterocycles. The van der Waals surface area contributed by atoms with E-state index in [1.54, 1.807) is 48.5 Å². The van der Waals surface area contributed by atoms with Crippen LogP contribution in [0, 0.1) is 7.14 Å². The molecule has 0 radical (unpaired) electrons. The first kappa shape index (κ1) is 22.2. The van der Waals surface area contributed by atoms with Gasteiger partial charge in [0.05, 0.1) is 17.8 Å². The van der Waals surface area contributed by atoms with E-state index >= 15 is 0 Å². The van der Waals surface area contributed by atoms with E-state index in [0.717, 1.165) is 0 Å². The van der Waals surface area contributed by atoms with Crippen molar-refractivity contribution >= 4 is 74.2 Å². The van der Waals surface area contributed by atoms with Gasteiger partial charge in [-0.25, -0.2) is 4.79 Å². The normalized spacial score (nSPS) is 10.3. The first-order valence-corrected chi connectivity index (χ1v) is 11.0. The predicted molar refractivity (Wildman–Crippen MR) is 132 cm³/mol. The summed E-state index contributed by atoms with van der Waals surface area (Å²) in [6, 6.07) is 18.8. The topological polar surface area (TPSA) is 95.5 Å². The van der Waals surface area contributed by atoms with Gasteiger partial charge in [-0.15, -0.1) is 0 Å². The minimum Gasteiger partial charge on any atom is -0.478 e. The maximum Gasteiger partial charge on any atom is 0.335 e. The molecule has 0 aliphatic carbocycles. The van der Waals surface area contributed by atoms with E-state index in [9.17, 15) is 14.4 Å². The second kappa shape index (κ2) is 10.0. The number of nitrogens with one attached hydrogen (secondary N) is 2. The number of halogens is 2. The lowest BCUT2D eigenvalue weighted by molar-refractivity contribution is -0.114. The van der Waals surface area contributed by atoms with Crippen LogP contribution in [-0.2, 0) is 4.79 Å². The van der Waals surface area contributed by atoms with Gasteiger partial charge < -0.3 is 15.7 Å². The van der Waals surface area contributed by atoms with Crippen molar-refractivity contribution in [1.82, 2.24) is 0 Å². The van der Waals surface area contributed by atoms with Crippen molar-refractivity contribution in [2.75, 3.05) is 17.2 Å². The molecule has 0 heterocycles. The van der Waals surface area contributed by atoms with E-state index in [2.05, 4.69) is 10.6 Å². The molecule has 0 saturated carbocycles. The van der Waals surface area contributed by atoms with Gasteiger partial charge in [0, 0.05) is 24.0 Å². The summed E-state index contributed by atoms with van der Waals surface area (Å²) < 4.78 is 1.43. The Labute approximate surface area is 200 Å². The molecule has 0 aliphatic rings. The molecule has 0 unspecified atom stereocenters. The number of carbonyl (C=O) groups is 3. The van der Waals surface area contributed by atoms with Crippen molar-refractivity contribution in [1.29, 1.82) is 0 Å². The minimum absolute atomic E-state index is 0.0170. The smallest absolute Gasteiger partial charge is 0.335 e. The molecular weight excluding hydrogens is 610 g/mol. The van der Waals surface area contributed by atoms with Crippen LogP contribution >= 0.6 is 45.2 Å². The third-order valence-corrected chi connectivity index (χ3v) is 5.88. The number of hydrogen-bond acceptors (Lipinski definition) is 4. The van der Waals surface area contributed by atoms with Crippen LogP contribution in [0.5, 0.6) is 0 Å². The van der Waals surface area contributed by atoms with Gasteiger partial charge in [0.15, 0.2) is 5.78 Å². The lowest BCUT2D eigenvalue weighted by Crippen LogP contribution is -2.22. The number of hydrogen-bond donors (Lipinski definition) is 3. The first-order chi connectivity index (χ1) is 14.3. The molecule has 8 heteroatoms. The van der Waals surface area contributed by atoms with Gasteiger partial charge in [-0.05, 0) is 81.6 Å². The third kappa shape index (κ3) is 5.57. The summed E-state index contributed by atoms with van der Waals surface area (Å²) >= 11 is 4.07. The van der Waals surface area contributed by atoms with Gasteiger partial charge in [0.2, 0.25) is 5.91 Å². The highest BCUT2D eigenvalue weighted by atomic mass is 127. The molecule has 0 spiro atoms. The fourth-order valence-electron chi connectivity index (χ4n) is 2.70. The minimum atomic E-state index is -0.996. The van der Waals surface area contributed by atoms with Gasteiger partial charge in [-0.1, -0.05) is 30.3 Å². The Morgan fingerprint density at radius 1 is 0.800 bits per heavy atom. The zero-order valence-electron chi connectivity index (χ0n) is 15.5. The van der Waals surface area contributed by atoms with E-state index in [1.807, 2.05) is 63.4 Å². The second-order valence-electron chi connectivity index (χ2n) is 6.29. The Hall–Kier alpha value is -2.47. The lowest BCUT2D eigenvalue weighted by atomic mass is 10.0. The van der Waals surface area contributed by atoms with Crippen molar-refractivity contribution in [3.63, 3.8) is 0 Å². The van der Waals surface area contributed by atoms with Gasteiger partial charge in [0.1, 0.15) is 0 Å². The Balaban J connectivity index is 1.60.